The lowest BCUT2D eigenvalue weighted by Crippen LogP contribution is -2.40. The number of alkyl carbamates (subject to hydrolysis) is 1. The maximum absolute atomic E-state index is 11.5. The third-order valence-electron chi connectivity index (χ3n) is 2.93. The zero-order chi connectivity index (χ0) is 16.8. The number of nitrogens with one attached hydrogen (secondary N) is 2. The van der Waals surface area contributed by atoms with E-state index in [0.29, 0.717) is 24.9 Å². The number of hydrogen-bond donors (Lipinski definition) is 2. The number of thiocarbonyl (C=S) groups is 1. The molecule has 5 nitrogen and oxygen atoms in total. The number of unbranched alkanes of at least 4 members (excludes halogenated alkanes) is 2. The summed E-state index contributed by atoms with van der Waals surface area (Å²) in [6.07, 6.45) is 4.98. The summed E-state index contributed by atoms with van der Waals surface area (Å²) in [6, 6.07) is 0. The van der Waals surface area contributed by atoms with Crippen LogP contribution in [0.1, 0.15) is 59.8 Å². The summed E-state index contributed by atoms with van der Waals surface area (Å²) < 4.78 is 10.5. The summed E-state index contributed by atoms with van der Waals surface area (Å²) in [6.45, 7) is 10.2. The van der Waals surface area contributed by atoms with E-state index in [9.17, 15) is 4.79 Å². The van der Waals surface area contributed by atoms with E-state index in [4.69, 9.17) is 21.7 Å². The Bertz CT molecular complexity index is 310. The second-order valence-electron chi connectivity index (χ2n) is 6.03. The summed E-state index contributed by atoms with van der Waals surface area (Å²) in [5, 5.41) is 5.76. The SMILES string of the molecule is CC(C)CCCCCOC(=O)NC(=S)NCCCOC(C)C. The minimum absolute atomic E-state index is 0.237. The van der Waals surface area contributed by atoms with E-state index >= 15 is 0 Å². The molecule has 0 bridgehead atoms. The van der Waals surface area contributed by atoms with E-state index in [-0.39, 0.29) is 6.10 Å². The number of ether oxygens (including phenoxy) is 2. The van der Waals surface area contributed by atoms with Gasteiger partial charge in [-0.15, -0.1) is 0 Å². The fourth-order valence-electron chi connectivity index (χ4n) is 1.76. The van der Waals surface area contributed by atoms with Crippen molar-refractivity contribution in [3.05, 3.63) is 0 Å². The van der Waals surface area contributed by atoms with Gasteiger partial charge in [-0.05, 0) is 44.8 Å². The number of carbonyl (C=O) groups excluding carboxylic acids is 1. The molecule has 0 aromatic carbocycles. The van der Waals surface area contributed by atoms with E-state index in [0.717, 1.165) is 25.2 Å². The monoisotopic (exact) mass is 332 g/mol. The van der Waals surface area contributed by atoms with Crippen molar-refractivity contribution in [3.8, 4) is 0 Å². The molecule has 0 fully saturated rings. The average Bonchev–Trinajstić information content (AvgIpc) is 2.41. The fraction of sp³-hybridized carbons (Fsp3) is 0.875. The van der Waals surface area contributed by atoms with E-state index < -0.39 is 6.09 Å². The van der Waals surface area contributed by atoms with Gasteiger partial charge in [0.1, 0.15) is 0 Å². The van der Waals surface area contributed by atoms with E-state index in [2.05, 4.69) is 24.5 Å². The highest BCUT2D eigenvalue weighted by atomic mass is 32.1. The van der Waals surface area contributed by atoms with Crippen molar-refractivity contribution in [2.45, 2.75) is 65.9 Å². The summed E-state index contributed by atoms with van der Waals surface area (Å²) in [7, 11) is 0. The highest BCUT2D eigenvalue weighted by Crippen LogP contribution is 2.07. The highest BCUT2D eigenvalue weighted by molar-refractivity contribution is 7.80. The van der Waals surface area contributed by atoms with E-state index in [1.165, 1.54) is 12.8 Å². The van der Waals surface area contributed by atoms with Crippen LogP contribution in [0.2, 0.25) is 0 Å². The van der Waals surface area contributed by atoms with Crippen molar-refractivity contribution in [1.29, 1.82) is 0 Å². The lowest BCUT2D eigenvalue weighted by Gasteiger charge is -2.11. The van der Waals surface area contributed by atoms with Gasteiger partial charge in [-0.1, -0.05) is 33.1 Å². The first kappa shape index (κ1) is 21.1. The normalized spacial score (nSPS) is 10.8. The molecule has 0 aromatic rings. The largest absolute Gasteiger partial charge is 0.449 e. The number of amides is 1. The lowest BCUT2D eigenvalue weighted by molar-refractivity contribution is 0.0777. The zero-order valence-electron chi connectivity index (χ0n) is 14.4. The molecule has 0 spiro atoms. The molecule has 22 heavy (non-hydrogen) atoms. The van der Waals surface area contributed by atoms with Crippen molar-refractivity contribution < 1.29 is 14.3 Å². The molecule has 0 saturated carbocycles. The minimum atomic E-state index is -0.486. The fourth-order valence-corrected chi connectivity index (χ4v) is 1.95. The topological polar surface area (TPSA) is 59.6 Å². The lowest BCUT2D eigenvalue weighted by atomic mass is 10.1. The maximum atomic E-state index is 11.5. The molecule has 0 saturated heterocycles. The van der Waals surface area contributed by atoms with Crippen LogP contribution in [-0.2, 0) is 9.47 Å². The minimum Gasteiger partial charge on any atom is -0.449 e. The summed E-state index contributed by atoms with van der Waals surface area (Å²) in [5.41, 5.74) is 0. The van der Waals surface area contributed by atoms with Gasteiger partial charge < -0.3 is 14.8 Å². The molecule has 0 unspecified atom stereocenters. The van der Waals surface area contributed by atoms with Gasteiger partial charge in [-0.2, -0.15) is 0 Å². The first-order chi connectivity index (χ1) is 10.4. The van der Waals surface area contributed by atoms with Crippen molar-refractivity contribution in [1.82, 2.24) is 10.6 Å². The molecule has 0 aliphatic heterocycles. The quantitative estimate of drug-likeness (QED) is 0.447. The standard InChI is InChI=1S/C16H32N2O3S/c1-13(2)9-6-5-7-11-21-16(19)18-15(22)17-10-8-12-20-14(3)4/h13-14H,5-12H2,1-4H3,(H2,17,18,19,22). The third kappa shape index (κ3) is 15.5. The Kier molecular flexibility index (Phi) is 13.2. The molecule has 130 valence electrons. The molecule has 0 aliphatic carbocycles. The Balaban J connectivity index is 3.44. The van der Waals surface area contributed by atoms with Gasteiger partial charge >= 0.3 is 6.09 Å². The summed E-state index contributed by atoms with van der Waals surface area (Å²) >= 11 is 5.02. The molecular formula is C16H32N2O3S. The molecule has 0 rings (SSSR count). The van der Waals surface area contributed by atoms with Gasteiger partial charge in [-0.3, -0.25) is 5.32 Å². The Labute approximate surface area is 140 Å². The molecule has 6 heteroatoms. The molecular weight excluding hydrogens is 300 g/mol. The highest BCUT2D eigenvalue weighted by Gasteiger charge is 2.05. The third-order valence-corrected chi connectivity index (χ3v) is 3.18. The molecule has 0 heterocycles. The van der Waals surface area contributed by atoms with Crippen LogP contribution in [-0.4, -0.2) is 37.1 Å². The first-order valence-electron chi connectivity index (χ1n) is 8.25. The molecule has 0 aliphatic rings. The second-order valence-corrected chi connectivity index (χ2v) is 6.44. The van der Waals surface area contributed by atoms with Crippen LogP contribution < -0.4 is 10.6 Å². The summed E-state index contributed by atoms with van der Waals surface area (Å²) in [4.78, 5) is 11.5. The van der Waals surface area contributed by atoms with Gasteiger partial charge in [0.25, 0.3) is 0 Å². The van der Waals surface area contributed by atoms with Crippen molar-refractivity contribution in [2.24, 2.45) is 5.92 Å². The molecule has 0 aromatic heterocycles. The van der Waals surface area contributed by atoms with Crippen LogP contribution in [0.25, 0.3) is 0 Å². The molecule has 0 atom stereocenters. The average molecular weight is 333 g/mol. The maximum Gasteiger partial charge on any atom is 0.413 e. The van der Waals surface area contributed by atoms with E-state index in [1.807, 2.05) is 13.8 Å². The number of hydrogen-bond acceptors (Lipinski definition) is 4. The van der Waals surface area contributed by atoms with Gasteiger partial charge in [0.05, 0.1) is 12.7 Å². The Morgan fingerprint density at radius 3 is 2.41 bits per heavy atom. The zero-order valence-corrected chi connectivity index (χ0v) is 15.3. The van der Waals surface area contributed by atoms with Crippen LogP contribution in [0, 0.1) is 5.92 Å². The van der Waals surface area contributed by atoms with Crippen molar-refractivity contribution >= 4 is 23.4 Å². The van der Waals surface area contributed by atoms with Gasteiger partial charge in [0.2, 0.25) is 0 Å². The Morgan fingerprint density at radius 2 is 1.77 bits per heavy atom. The van der Waals surface area contributed by atoms with Crippen LogP contribution in [0.15, 0.2) is 0 Å². The van der Waals surface area contributed by atoms with Crippen molar-refractivity contribution in [3.63, 3.8) is 0 Å². The summed E-state index contributed by atoms with van der Waals surface area (Å²) in [5.74, 6) is 0.735. The molecule has 0 radical (unpaired) electrons. The smallest absolute Gasteiger partial charge is 0.413 e. The van der Waals surface area contributed by atoms with Gasteiger partial charge in [0.15, 0.2) is 5.11 Å². The van der Waals surface area contributed by atoms with Crippen LogP contribution >= 0.6 is 12.2 Å². The predicted octanol–water partition coefficient (Wildman–Crippen LogP) is 3.62. The molecule has 2 N–H and O–H groups in total. The number of rotatable bonds is 11. The number of carbonyl (C=O) groups is 1. The second kappa shape index (κ2) is 13.8. The Hall–Kier alpha value is -0.880. The van der Waals surface area contributed by atoms with E-state index in [1.54, 1.807) is 0 Å². The van der Waals surface area contributed by atoms with Gasteiger partial charge in [-0.25, -0.2) is 4.79 Å². The Morgan fingerprint density at radius 1 is 1.05 bits per heavy atom. The van der Waals surface area contributed by atoms with Crippen LogP contribution in [0.4, 0.5) is 4.79 Å². The van der Waals surface area contributed by atoms with Crippen LogP contribution in [0.3, 0.4) is 0 Å². The van der Waals surface area contributed by atoms with Crippen molar-refractivity contribution in [2.75, 3.05) is 19.8 Å². The van der Waals surface area contributed by atoms with Gasteiger partial charge in [0, 0.05) is 13.2 Å². The predicted molar refractivity (Wildman–Crippen MR) is 94.1 cm³/mol. The molecule has 1 amide bonds. The van der Waals surface area contributed by atoms with Crippen LogP contribution in [0.5, 0.6) is 0 Å². The first-order valence-corrected chi connectivity index (χ1v) is 8.65.